The van der Waals surface area contributed by atoms with Crippen LogP contribution in [0.5, 0.6) is 0 Å². The summed E-state index contributed by atoms with van der Waals surface area (Å²) in [4.78, 5) is 0. The van der Waals surface area contributed by atoms with E-state index < -0.39 is 0 Å². The van der Waals surface area contributed by atoms with Gasteiger partial charge in [-0.3, -0.25) is 0 Å². The van der Waals surface area contributed by atoms with Crippen LogP contribution < -0.4 is 10.6 Å². The number of thiocarbonyl (C=S) groups is 1. The van der Waals surface area contributed by atoms with Gasteiger partial charge in [-0.1, -0.05) is 47.3 Å². The van der Waals surface area contributed by atoms with Gasteiger partial charge in [0.15, 0.2) is 5.11 Å². The van der Waals surface area contributed by atoms with Crippen LogP contribution in [0, 0.1) is 0 Å². The van der Waals surface area contributed by atoms with Crippen molar-refractivity contribution >= 4 is 33.3 Å². The van der Waals surface area contributed by atoms with Crippen molar-refractivity contribution in [1.29, 1.82) is 0 Å². The van der Waals surface area contributed by atoms with E-state index in [1.165, 1.54) is 37.7 Å². The normalized spacial score (nSPS) is 17.8. The predicted octanol–water partition coefficient (Wildman–Crippen LogP) is 4.31. The van der Waals surface area contributed by atoms with Gasteiger partial charge in [0.25, 0.3) is 0 Å². The Bertz CT molecular complexity index is 413. The highest BCUT2D eigenvalue weighted by molar-refractivity contribution is 9.10. The van der Waals surface area contributed by atoms with E-state index in [2.05, 4.69) is 57.8 Å². The van der Waals surface area contributed by atoms with Crippen molar-refractivity contribution < 1.29 is 0 Å². The van der Waals surface area contributed by atoms with Crippen LogP contribution in [0.15, 0.2) is 28.7 Å². The first-order valence-corrected chi connectivity index (χ1v) is 8.18. The second-order valence-electron chi connectivity index (χ2n) is 5.23. The Kier molecular flexibility index (Phi) is 5.64. The third-order valence-electron chi connectivity index (χ3n) is 3.66. The van der Waals surface area contributed by atoms with E-state index >= 15 is 0 Å². The predicted molar refractivity (Wildman–Crippen MR) is 88.3 cm³/mol. The topological polar surface area (TPSA) is 24.1 Å². The quantitative estimate of drug-likeness (QED) is 0.802. The summed E-state index contributed by atoms with van der Waals surface area (Å²) in [6, 6.07) is 9.15. The molecule has 0 saturated heterocycles. The summed E-state index contributed by atoms with van der Waals surface area (Å²) in [7, 11) is 0. The molecule has 0 bridgehead atoms. The maximum atomic E-state index is 5.41. The van der Waals surface area contributed by atoms with Gasteiger partial charge in [-0.25, -0.2) is 0 Å². The summed E-state index contributed by atoms with van der Waals surface area (Å²) in [5.41, 5.74) is 1.25. The lowest BCUT2D eigenvalue weighted by Gasteiger charge is -2.26. The van der Waals surface area contributed by atoms with Crippen molar-refractivity contribution in [2.24, 2.45) is 0 Å². The third kappa shape index (κ3) is 4.77. The first kappa shape index (κ1) is 14.8. The van der Waals surface area contributed by atoms with Crippen molar-refractivity contribution in [2.45, 2.75) is 51.1 Å². The molecule has 1 aromatic carbocycles. The Morgan fingerprint density at radius 1 is 1.21 bits per heavy atom. The van der Waals surface area contributed by atoms with E-state index in [4.69, 9.17) is 12.2 Å². The maximum Gasteiger partial charge on any atom is 0.166 e. The van der Waals surface area contributed by atoms with Crippen molar-refractivity contribution in [1.82, 2.24) is 10.6 Å². The molecule has 1 saturated carbocycles. The molecule has 0 aromatic heterocycles. The zero-order chi connectivity index (χ0) is 13.7. The number of nitrogens with one attached hydrogen (secondary N) is 2. The summed E-state index contributed by atoms with van der Waals surface area (Å²) < 4.78 is 1.10. The van der Waals surface area contributed by atoms with Crippen molar-refractivity contribution in [3.05, 3.63) is 34.3 Å². The Morgan fingerprint density at radius 2 is 1.84 bits per heavy atom. The zero-order valence-electron chi connectivity index (χ0n) is 11.3. The average Bonchev–Trinajstić information content (AvgIpc) is 2.40. The highest BCUT2D eigenvalue weighted by atomic mass is 79.9. The van der Waals surface area contributed by atoms with Crippen LogP contribution in [0.3, 0.4) is 0 Å². The first-order valence-electron chi connectivity index (χ1n) is 6.97. The van der Waals surface area contributed by atoms with Crippen molar-refractivity contribution in [2.75, 3.05) is 0 Å². The number of rotatable bonds is 3. The summed E-state index contributed by atoms with van der Waals surface area (Å²) in [6.07, 6.45) is 6.50. The van der Waals surface area contributed by atoms with Crippen LogP contribution in [-0.4, -0.2) is 11.2 Å². The molecule has 1 aromatic rings. The molecule has 0 radical (unpaired) electrons. The van der Waals surface area contributed by atoms with Crippen LogP contribution >= 0.6 is 28.1 Å². The largest absolute Gasteiger partial charge is 0.360 e. The lowest BCUT2D eigenvalue weighted by molar-refractivity contribution is 0.411. The summed E-state index contributed by atoms with van der Waals surface area (Å²) in [5, 5.41) is 7.59. The minimum atomic E-state index is 0.233. The van der Waals surface area contributed by atoms with Crippen LogP contribution in [0.1, 0.15) is 50.6 Å². The number of benzene rings is 1. The first-order chi connectivity index (χ1) is 9.15. The van der Waals surface area contributed by atoms with E-state index in [1.807, 2.05) is 0 Å². The molecule has 2 nitrogen and oxygen atoms in total. The zero-order valence-corrected chi connectivity index (χ0v) is 13.7. The monoisotopic (exact) mass is 340 g/mol. The molecule has 2 rings (SSSR count). The molecule has 1 fully saturated rings. The standard InChI is InChI=1S/C15H21BrN2S/c1-11(12-7-9-13(16)10-8-12)17-15(19)18-14-5-3-2-4-6-14/h7-11,14H,2-6H2,1H3,(H2,17,18,19). The van der Waals surface area contributed by atoms with Gasteiger partial charge < -0.3 is 10.6 Å². The Morgan fingerprint density at radius 3 is 2.47 bits per heavy atom. The molecule has 1 unspecified atom stereocenters. The molecule has 0 heterocycles. The fourth-order valence-corrected chi connectivity index (χ4v) is 3.11. The molecule has 2 N–H and O–H groups in total. The summed E-state index contributed by atoms with van der Waals surface area (Å²) >= 11 is 8.86. The molecule has 1 atom stereocenters. The molecular weight excluding hydrogens is 320 g/mol. The highest BCUT2D eigenvalue weighted by Gasteiger charge is 2.15. The smallest absolute Gasteiger partial charge is 0.166 e. The SMILES string of the molecule is CC(NC(=S)NC1CCCCC1)c1ccc(Br)cc1. The fourth-order valence-electron chi connectivity index (χ4n) is 2.51. The summed E-state index contributed by atoms with van der Waals surface area (Å²) in [5.74, 6) is 0. The van der Waals surface area contributed by atoms with Crippen molar-refractivity contribution in [3.63, 3.8) is 0 Å². The van der Waals surface area contributed by atoms with Gasteiger partial charge in [-0.05, 0) is 49.7 Å². The van der Waals surface area contributed by atoms with Gasteiger partial charge in [0.05, 0.1) is 6.04 Å². The third-order valence-corrected chi connectivity index (χ3v) is 4.42. The lowest BCUT2D eigenvalue weighted by Crippen LogP contribution is -2.43. The second kappa shape index (κ2) is 7.25. The Hall–Kier alpha value is -0.610. The molecular formula is C15H21BrN2S. The number of hydrogen-bond donors (Lipinski definition) is 2. The molecule has 1 aliphatic carbocycles. The highest BCUT2D eigenvalue weighted by Crippen LogP contribution is 2.18. The summed E-state index contributed by atoms with van der Waals surface area (Å²) in [6.45, 7) is 2.14. The van der Waals surface area contributed by atoms with Gasteiger partial charge in [0.2, 0.25) is 0 Å². The van der Waals surface area contributed by atoms with Crippen LogP contribution in [0.4, 0.5) is 0 Å². The van der Waals surface area contributed by atoms with E-state index in [9.17, 15) is 0 Å². The number of halogens is 1. The van der Waals surface area contributed by atoms with Crippen molar-refractivity contribution in [3.8, 4) is 0 Å². The van der Waals surface area contributed by atoms with Gasteiger partial charge in [0.1, 0.15) is 0 Å². The molecule has 0 spiro atoms. The van der Waals surface area contributed by atoms with E-state index in [1.54, 1.807) is 0 Å². The molecule has 0 aliphatic heterocycles. The van der Waals surface area contributed by atoms with Gasteiger partial charge >= 0.3 is 0 Å². The fraction of sp³-hybridized carbons (Fsp3) is 0.533. The van der Waals surface area contributed by atoms with Crippen LogP contribution in [0.2, 0.25) is 0 Å². The van der Waals surface area contributed by atoms with Gasteiger partial charge in [-0.2, -0.15) is 0 Å². The van der Waals surface area contributed by atoms with E-state index in [0.29, 0.717) is 6.04 Å². The minimum absolute atomic E-state index is 0.233. The second-order valence-corrected chi connectivity index (χ2v) is 6.55. The average molecular weight is 341 g/mol. The van der Waals surface area contributed by atoms with Crippen LogP contribution in [-0.2, 0) is 0 Å². The maximum absolute atomic E-state index is 5.41. The molecule has 0 amide bonds. The molecule has 4 heteroatoms. The molecule has 104 valence electrons. The van der Waals surface area contributed by atoms with E-state index in [0.717, 1.165) is 9.59 Å². The lowest BCUT2D eigenvalue weighted by atomic mass is 9.96. The molecule has 1 aliphatic rings. The van der Waals surface area contributed by atoms with Crippen LogP contribution in [0.25, 0.3) is 0 Å². The molecule has 19 heavy (non-hydrogen) atoms. The van der Waals surface area contributed by atoms with Gasteiger partial charge in [0, 0.05) is 10.5 Å². The van der Waals surface area contributed by atoms with Gasteiger partial charge in [-0.15, -0.1) is 0 Å². The number of hydrogen-bond acceptors (Lipinski definition) is 1. The Balaban J connectivity index is 1.82. The minimum Gasteiger partial charge on any atom is -0.360 e. The van der Waals surface area contributed by atoms with E-state index in [-0.39, 0.29) is 6.04 Å². The Labute approximate surface area is 129 Å².